The smallest absolute Gasteiger partial charge is 0.251 e. The van der Waals surface area contributed by atoms with Gasteiger partial charge in [0.25, 0.3) is 5.56 Å². The van der Waals surface area contributed by atoms with Gasteiger partial charge in [0, 0.05) is 41.3 Å². The van der Waals surface area contributed by atoms with Gasteiger partial charge in [-0.1, -0.05) is 43.6 Å². The summed E-state index contributed by atoms with van der Waals surface area (Å²) in [7, 11) is -3.75. The fourth-order valence-corrected chi connectivity index (χ4v) is 5.37. The molecule has 0 saturated carbocycles. The first-order valence-electron chi connectivity index (χ1n) is 9.47. The number of aromatic nitrogens is 2. The van der Waals surface area contributed by atoms with Crippen molar-refractivity contribution in [3.8, 4) is 11.3 Å². The third kappa shape index (κ3) is 5.21. The second-order valence-electron chi connectivity index (χ2n) is 6.49. The highest BCUT2D eigenvalue weighted by atomic mass is 35.5. The van der Waals surface area contributed by atoms with Crippen molar-refractivity contribution in [3.63, 3.8) is 0 Å². The maximum absolute atomic E-state index is 12.7. The van der Waals surface area contributed by atoms with E-state index in [2.05, 4.69) is 10.3 Å². The first-order valence-corrected chi connectivity index (χ1v) is 12.2. The molecule has 1 N–H and O–H groups in total. The zero-order valence-corrected chi connectivity index (χ0v) is 19.3. The third-order valence-electron chi connectivity index (χ3n) is 4.51. The van der Waals surface area contributed by atoms with Crippen LogP contribution < -0.4 is 10.9 Å². The van der Waals surface area contributed by atoms with E-state index < -0.39 is 21.5 Å². The molecule has 164 valence electrons. The quantitative estimate of drug-likeness (QED) is 0.533. The number of thiazole rings is 1. The summed E-state index contributed by atoms with van der Waals surface area (Å²) in [5.74, 6) is -0.500. The van der Waals surface area contributed by atoms with E-state index in [0.29, 0.717) is 28.9 Å². The second-order valence-corrected chi connectivity index (χ2v) is 9.69. The maximum atomic E-state index is 12.7. The van der Waals surface area contributed by atoms with Gasteiger partial charge in [-0.05, 0) is 12.1 Å². The first-order chi connectivity index (χ1) is 14.8. The monoisotopic (exact) mass is 480 g/mol. The van der Waals surface area contributed by atoms with Crippen LogP contribution in [0.15, 0.2) is 57.7 Å². The number of anilines is 1. The highest BCUT2D eigenvalue weighted by Gasteiger charge is 2.22. The van der Waals surface area contributed by atoms with Gasteiger partial charge in [0.05, 0.1) is 10.6 Å². The fourth-order valence-electron chi connectivity index (χ4n) is 2.94. The van der Waals surface area contributed by atoms with Crippen LogP contribution in [0.25, 0.3) is 11.3 Å². The number of rotatable bonds is 8. The summed E-state index contributed by atoms with van der Waals surface area (Å²) >= 11 is 7.40. The van der Waals surface area contributed by atoms with E-state index in [9.17, 15) is 18.0 Å². The SMILES string of the molecule is CCN(CC)S(=O)(=O)c1ccc(=O)n(CC(=O)Nc2nc(-c3ccccc3Cl)cs2)c1. The van der Waals surface area contributed by atoms with E-state index in [1.54, 1.807) is 25.3 Å². The van der Waals surface area contributed by atoms with Crippen LogP contribution in [0.5, 0.6) is 0 Å². The molecule has 1 aromatic carbocycles. The van der Waals surface area contributed by atoms with Gasteiger partial charge in [0.2, 0.25) is 15.9 Å². The van der Waals surface area contributed by atoms with Crippen LogP contribution in [-0.4, -0.2) is 41.3 Å². The summed E-state index contributed by atoms with van der Waals surface area (Å²) in [6.07, 6.45) is 1.19. The Bertz CT molecular complexity index is 1250. The molecule has 11 heteroatoms. The van der Waals surface area contributed by atoms with Gasteiger partial charge in [-0.3, -0.25) is 9.59 Å². The number of amides is 1. The van der Waals surface area contributed by atoms with Gasteiger partial charge in [-0.25, -0.2) is 13.4 Å². The zero-order chi connectivity index (χ0) is 22.6. The molecule has 8 nitrogen and oxygen atoms in total. The summed E-state index contributed by atoms with van der Waals surface area (Å²) in [4.78, 5) is 28.9. The molecule has 2 heterocycles. The average molecular weight is 481 g/mol. The van der Waals surface area contributed by atoms with Crippen molar-refractivity contribution in [3.05, 3.63) is 63.4 Å². The van der Waals surface area contributed by atoms with E-state index in [0.717, 1.165) is 16.2 Å². The number of carbonyl (C=O) groups excluding carboxylic acids is 1. The summed E-state index contributed by atoms with van der Waals surface area (Å²) < 4.78 is 27.7. The second kappa shape index (κ2) is 9.73. The Balaban J connectivity index is 1.77. The predicted octanol–water partition coefficient (Wildman–Crippen LogP) is 3.29. The van der Waals surface area contributed by atoms with Gasteiger partial charge in [-0.15, -0.1) is 11.3 Å². The van der Waals surface area contributed by atoms with Crippen LogP contribution in [0, 0.1) is 0 Å². The predicted molar refractivity (Wildman–Crippen MR) is 122 cm³/mol. The zero-order valence-electron chi connectivity index (χ0n) is 16.9. The molecule has 0 radical (unpaired) electrons. The Hall–Kier alpha value is -2.53. The largest absolute Gasteiger partial charge is 0.305 e. The van der Waals surface area contributed by atoms with Crippen molar-refractivity contribution in [2.24, 2.45) is 0 Å². The van der Waals surface area contributed by atoms with Crippen LogP contribution in [0.2, 0.25) is 5.02 Å². The lowest BCUT2D eigenvalue weighted by Gasteiger charge is -2.18. The minimum absolute atomic E-state index is 0.0427. The summed E-state index contributed by atoms with van der Waals surface area (Å²) in [6.45, 7) is 3.72. The Labute approximate surface area is 189 Å². The Kier molecular flexibility index (Phi) is 7.26. The Morgan fingerprint density at radius 2 is 1.90 bits per heavy atom. The number of carbonyl (C=O) groups is 1. The molecule has 1 amide bonds. The van der Waals surface area contributed by atoms with Crippen molar-refractivity contribution in [1.29, 1.82) is 0 Å². The van der Waals surface area contributed by atoms with Gasteiger partial charge in [0.15, 0.2) is 5.13 Å². The van der Waals surface area contributed by atoms with Gasteiger partial charge in [0.1, 0.15) is 6.54 Å². The number of halogens is 1. The average Bonchev–Trinajstić information content (AvgIpc) is 3.18. The number of pyridine rings is 1. The van der Waals surface area contributed by atoms with E-state index in [4.69, 9.17) is 11.6 Å². The van der Waals surface area contributed by atoms with Crippen molar-refractivity contribution in [1.82, 2.24) is 13.9 Å². The van der Waals surface area contributed by atoms with Gasteiger partial charge < -0.3 is 9.88 Å². The number of hydrogen-bond acceptors (Lipinski definition) is 6. The normalized spacial score (nSPS) is 11.6. The lowest BCUT2D eigenvalue weighted by Crippen LogP contribution is -2.33. The number of benzene rings is 1. The molecule has 0 aliphatic heterocycles. The molecule has 0 spiro atoms. The van der Waals surface area contributed by atoms with Crippen molar-refractivity contribution >= 4 is 44.0 Å². The fraction of sp³-hybridized carbons (Fsp3) is 0.250. The standard InChI is InChI=1S/C20H21ClN4O4S2/c1-3-25(4-2)31(28,29)14-9-10-19(27)24(11-14)12-18(26)23-20-22-17(13-30-20)15-7-5-6-8-16(15)21/h5-11,13H,3-4,12H2,1-2H3,(H,22,23,26). The highest BCUT2D eigenvalue weighted by molar-refractivity contribution is 7.89. The Morgan fingerprint density at radius 3 is 2.58 bits per heavy atom. The highest BCUT2D eigenvalue weighted by Crippen LogP contribution is 2.30. The van der Waals surface area contributed by atoms with Crippen molar-refractivity contribution in [2.45, 2.75) is 25.3 Å². The third-order valence-corrected chi connectivity index (χ3v) is 7.63. The molecule has 0 aliphatic carbocycles. The van der Waals surface area contributed by atoms with Crippen LogP contribution in [0.1, 0.15) is 13.8 Å². The van der Waals surface area contributed by atoms with Crippen LogP contribution in [-0.2, 0) is 21.4 Å². The van der Waals surface area contributed by atoms with Crippen molar-refractivity contribution < 1.29 is 13.2 Å². The molecule has 0 saturated heterocycles. The minimum Gasteiger partial charge on any atom is -0.305 e. The lowest BCUT2D eigenvalue weighted by molar-refractivity contribution is -0.116. The molecule has 0 bridgehead atoms. The van der Waals surface area contributed by atoms with Gasteiger partial charge in [-0.2, -0.15) is 4.31 Å². The van der Waals surface area contributed by atoms with Gasteiger partial charge >= 0.3 is 0 Å². The molecule has 0 aliphatic rings. The molecule has 0 atom stereocenters. The van der Waals surface area contributed by atoms with Crippen LogP contribution in [0.4, 0.5) is 5.13 Å². The van der Waals surface area contributed by atoms with Crippen molar-refractivity contribution in [2.75, 3.05) is 18.4 Å². The van der Waals surface area contributed by atoms with Crippen LogP contribution >= 0.6 is 22.9 Å². The summed E-state index contributed by atoms with van der Waals surface area (Å²) in [6, 6.07) is 9.62. The summed E-state index contributed by atoms with van der Waals surface area (Å²) in [5.41, 5.74) is 0.881. The lowest BCUT2D eigenvalue weighted by atomic mass is 10.2. The molecule has 2 aromatic heterocycles. The Morgan fingerprint density at radius 1 is 1.19 bits per heavy atom. The van der Waals surface area contributed by atoms with Crippen LogP contribution in [0.3, 0.4) is 0 Å². The molecular formula is C20H21ClN4O4S2. The first kappa shape index (κ1) is 23.1. The molecule has 3 aromatic rings. The van der Waals surface area contributed by atoms with E-state index in [1.165, 1.54) is 27.9 Å². The molecule has 31 heavy (non-hydrogen) atoms. The topological polar surface area (TPSA) is 101 Å². The number of nitrogens with one attached hydrogen (secondary N) is 1. The summed E-state index contributed by atoms with van der Waals surface area (Å²) in [5, 5.41) is 5.29. The minimum atomic E-state index is -3.75. The molecule has 0 unspecified atom stereocenters. The number of hydrogen-bond donors (Lipinski definition) is 1. The molecule has 3 rings (SSSR count). The molecule has 0 fully saturated rings. The van der Waals surface area contributed by atoms with E-state index in [-0.39, 0.29) is 11.4 Å². The maximum Gasteiger partial charge on any atom is 0.251 e. The molecular weight excluding hydrogens is 460 g/mol. The number of nitrogens with zero attached hydrogens (tertiary/aromatic N) is 3. The van der Waals surface area contributed by atoms with E-state index in [1.807, 2.05) is 18.2 Å². The van der Waals surface area contributed by atoms with E-state index >= 15 is 0 Å². The number of sulfonamides is 1.